The van der Waals surface area contributed by atoms with Crippen LogP contribution >= 0.6 is 0 Å². The van der Waals surface area contributed by atoms with E-state index in [0.717, 1.165) is 180 Å². The molecule has 0 aromatic heterocycles. The molecule has 6 N–H and O–H groups in total. The monoisotopic (exact) mass is 1600 g/mol. The van der Waals surface area contributed by atoms with Gasteiger partial charge in [-0.05, 0) is 249 Å². The van der Waals surface area contributed by atoms with Crippen LogP contribution in [0.5, 0.6) is 0 Å². The number of ether oxygens (including phenoxy) is 4. The summed E-state index contributed by atoms with van der Waals surface area (Å²) in [6.45, 7) is 22.2. The number of rotatable bonds is 2. The molecule has 0 aromatic rings. The van der Waals surface area contributed by atoms with Gasteiger partial charge in [0, 0.05) is 94.2 Å². The van der Waals surface area contributed by atoms with Crippen molar-refractivity contribution in [1.82, 2.24) is 0 Å². The average Bonchev–Trinajstić information content (AvgIpc) is 1.29. The third-order valence-corrected chi connectivity index (χ3v) is 37.8. The second-order valence-corrected chi connectivity index (χ2v) is 43.1. The fourth-order valence-corrected chi connectivity index (χ4v) is 30.8. The minimum absolute atomic E-state index is 0.0178. The van der Waals surface area contributed by atoms with E-state index in [0.29, 0.717) is 115 Å². The van der Waals surface area contributed by atoms with Crippen LogP contribution in [0.1, 0.15) is 288 Å². The summed E-state index contributed by atoms with van der Waals surface area (Å²) in [5.74, 6) is 6.64. The number of Topliss-reactive ketones (excluding diaryl/α,β-unsaturated/α-hetero) is 5. The van der Waals surface area contributed by atoms with E-state index in [1.54, 1.807) is 11.1 Å². The van der Waals surface area contributed by atoms with Gasteiger partial charge in [0.25, 0.3) is 0 Å². The van der Waals surface area contributed by atoms with Crippen LogP contribution in [-0.4, -0.2) is 135 Å². The smallest absolute Gasteiger partial charge is 0.438 e. The Morgan fingerprint density at radius 3 is 1.16 bits per heavy atom. The highest BCUT2D eigenvalue weighted by atomic mass is 16.7. The van der Waals surface area contributed by atoms with Crippen molar-refractivity contribution in [1.29, 1.82) is 0 Å². The lowest BCUT2D eigenvalue weighted by molar-refractivity contribution is -0.145. The zero-order valence-corrected chi connectivity index (χ0v) is 71.9. The molecule has 30 atom stereocenters. The molecule has 636 valence electrons. The number of methoxy groups -OCH3 is 2. The van der Waals surface area contributed by atoms with Gasteiger partial charge < -0.3 is 49.6 Å². The number of hydrogen-bond acceptors (Lipinski definition) is 17. The topological polar surface area (TPSA) is 278 Å². The van der Waals surface area contributed by atoms with Crippen LogP contribution in [0.2, 0.25) is 0 Å². The molecule has 0 aromatic carbocycles. The molecule has 0 aliphatic heterocycles. The first-order valence-electron chi connectivity index (χ1n) is 45.7. The summed E-state index contributed by atoms with van der Waals surface area (Å²) in [4.78, 5) is 84.9. The van der Waals surface area contributed by atoms with Crippen LogP contribution in [0.25, 0.3) is 0 Å². The van der Waals surface area contributed by atoms with Crippen molar-refractivity contribution in [3.8, 4) is 0 Å². The van der Waals surface area contributed by atoms with E-state index in [1.807, 2.05) is 6.08 Å². The number of aliphatic hydroxyl groups is 6. The molecule has 20 aliphatic rings. The molecule has 12 unspecified atom stereocenters. The molecule has 0 radical (unpaired) electrons. The first kappa shape index (κ1) is 84.2. The fourth-order valence-electron chi connectivity index (χ4n) is 30.8. The minimum Gasteiger partial charge on any atom is -0.438 e. The third-order valence-electron chi connectivity index (χ3n) is 37.8. The molecule has 0 saturated heterocycles. The molecule has 20 rings (SSSR count). The van der Waals surface area contributed by atoms with Crippen LogP contribution in [0.3, 0.4) is 0 Å². The van der Waals surface area contributed by atoms with Crippen molar-refractivity contribution >= 4 is 41.2 Å². The summed E-state index contributed by atoms with van der Waals surface area (Å²) in [5, 5.41) is 62.8. The van der Waals surface area contributed by atoms with Gasteiger partial charge in [0.15, 0.2) is 0 Å². The van der Waals surface area contributed by atoms with Crippen molar-refractivity contribution in [2.24, 2.45) is 125 Å². The van der Waals surface area contributed by atoms with Crippen LogP contribution in [-0.2, 0) is 42.9 Å². The summed E-state index contributed by atoms with van der Waals surface area (Å²) in [7, 11) is 2.69. The van der Waals surface area contributed by atoms with Gasteiger partial charge in [-0.25, -0.2) is 9.59 Å². The number of allylic oxidation sites excluding steroid dienone is 9. The Balaban J connectivity index is 0.000000109. The quantitative estimate of drug-likeness (QED) is 0.111. The molecule has 17 heteroatoms. The number of aliphatic hydroxyl groups excluding tert-OH is 6. The lowest BCUT2D eigenvalue weighted by atomic mass is 9.47. The third kappa shape index (κ3) is 13.5. The maximum atomic E-state index is 12.5. The Hall–Kier alpha value is -5.43. The molecule has 20 aliphatic carbocycles. The van der Waals surface area contributed by atoms with Crippen molar-refractivity contribution < 1.29 is 83.1 Å². The predicted molar refractivity (Wildman–Crippen MR) is 440 cm³/mol. The zero-order valence-electron chi connectivity index (χ0n) is 71.9. The fraction of sp³-hybridized carbons (Fsp3) is 0.768. The van der Waals surface area contributed by atoms with Crippen LogP contribution in [0.15, 0.2) is 93.2 Å². The first-order valence-corrected chi connectivity index (χ1v) is 45.7. The van der Waals surface area contributed by atoms with Gasteiger partial charge in [0.2, 0.25) is 0 Å². The van der Waals surface area contributed by atoms with E-state index < -0.39 is 24.5 Å². The molecule has 0 spiro atoms. The van der Waals surface area contributed by atoms with Crippen molar-refractivity contribution in [2.75, 3.05) is 14.2 Å². The van der Waals surface area contributed by atoms with Gasteiger partial charge in [-0.2, -0.15) is 0 Å². The van der Waals surface area contributed by atoms with E-state index in [2.05, 4.69) is 121 Å². The zero-order chi connectivity index (χ0) is 82.7. The second kappa shape index (κ2) is 30.6. The Morgan fingerprint density at radius 2 is 0.690 bits per heavy atom. The first-order chi connectivity index (χ1) is 54.8. The average molecular weight is 1600 g/mol. The maximum absolute atomic E-state index is 12.5. The van der Waals surface area contributed by atoms with E-state index >= 15 is 0 Å². The van der Waals surface area contributed by atoms with Gasteiger partial charge in [-0.15, -0.1) is 0 Å². The van der Waals surface area contributed by atoms with Crippen molar-refractivity contribution in [3.05, 3.63) is 93.2 Å². The Morgan fingerprint density at radius 1 is 0.353 bits per heavy atom. The van der Waals surface area contributed by atoms with Gasteiger partial charge in [-0.1, -0.05) is 162 Å². The lowest BCUT2D eigenvalue weighted by Crippen LogP contribution is -2.56. The highest BCUT2D eigenvalue weighted by Gasteiger charge is 2.66. The molecule has 116 heavy (non-hydrogen) atoms. The van der Waals surface area contributed by atoms with Crippen molar-refractivity contribution in [3.63, 3.8) is 0 Å². The molecule has 12 saturated carbocycles. The van der Waals surface area contributed by atoms with Gasteiger partial charge in [0.1, 0.15) is 41.1 Å². The van der Waals surface area contributed by atoms with E-state index in [4.69, 9.17) is 9.47 Å². The van der Waals surface area contributed by atoms with Crippen LogP contribution in [0.4, 0.5) is 9.59 Å². The molecule has 0 amide bonds. The van der Waals surface area contributed by atoms with Crippen molar-refractivity contribution in [2.45, 2.75) is 336 Å². The molecule has 0 bridgehead atoms. The highest BCUT2D eigenvalue weighted by molar-refractivity contribution is 5.90. The van der Waals surface area contributed by atoms with E-state index in [1.165, 1.54) is 47.7 Å². The summed E-state index contributed by atoms with van der Waals surface area (Å²) in [5.41, 5.74) is 10.3. The summed E-state index contributed by atoms with van der Waals surface area (Å²) < 4.78 is 20.1. The Bertz CT molecular complexity index is 4240. The minimum atomic E-state index is -0.620. The normalized spacial score (nSPS) is 48.5. The van der Waals surface area contributed by atoms with Crippen LogP contribution in [0, 0.1) is 125 Å². The van der Waals surface area contributed by atoms with Gasteiger partial charge in [-0.3, -0.25) is 24.0 Å². The largest absolute Gasteiger partial charge is 0.508 e. The van der Waals surface area contributed by atoms with Gasteiger partial charge in [0.05, 0.1) is 50.8 Å². The summed E-state index contributed by atoms with van der Waals surface area (Å²) in [6.07, 6.45) is 44.6. The lowest BCUT2D eigenvalue weighted by Gasteiger charge is -2.58. The molecular weight excluding hydrogens is 1460 g/mol. The molecule has 0 heterocycles. The van der Waals surface area contributed by atoms with E-state index in [-0.39, 0.29) is 114 Å². The predicted octanol–water partition coefficient (Wildman–Crippen LogP) is 17.7. The van der Waals surface area contributed by atoms with Crippen LogP contribution < -0.4 is 0 Å². The number of hydrogen-bond donors (Lipinski definition) is 6. The molecular formula is C99H138O17. The van der Waals surface area contributed by atoms with Gasteiger partial charge >= 0.3 is 12.3 Å². The Labute approximate surface area is 689 Å². The SMILES string of the molecule is COC(=O)O[C@H]1CC[C@@]2(C)C(=CCC3C2=CC[C@]2(C)C(=O)CCC32)C1.COC(=O)O[C@H]1CC[C@@]2(C)C(=CCC3C2[C@H](O)C[C@]2(C)C(=O)CCC32)C1.C[C@]12CC[C@H](O)CC1=CCC1C2=CC[C@]2(C)C(=O)CCC12.C[C@]12CC[C@H](O)CC1=CCC1C2[C@H](O)C[C@]2(C)C(=O)CCC12.C[C@]12CC[C@H](O)CC1=C[C@@H](O)C1C2=CC[C@]2(C)C(=O)CCC12. The number of ketones is 5. The highest BCUT2D eigenvalue weighted by Crippen LogP contribution is 2.70. The standard InChI is InChI=1S/C21H30O5.C21H28O4.C19H26O3.C19H28O3.C19H26O2/c1-20-9-8-13(26-19(24)25-3)10-12(20)4-5-14-15-6-7-17(23)21(15,2)11-16(22)18(14)20;1-20-10-8-14(25-19(23)24-3)12-13(20)4-5-15-16-6-7-18(22)21(16,2)11-9-17(15)20;1-18-7-5-12(20)9-11(18)10-15(21)17-13-3-4-16(22)19(13,2)8-6-14(17)18;1-18-8-7-12(20)9-11(18)3-4-13-14-5-6-16(22)19(14,2)10-15(21)17(13)18;1-18-9-7-13(20)11-12(18)3-4-14-15-5-6-17(21)19(15,2)10-8-16(14)18/h4,13-16,18,22H,5-11H2,1-3H3;4,9,14-16H,5-8,10-12H2,1-3H3;6,10,12-13,15,17,20-21H,3-5,7-9H2,1-2H3;3,12-15,17,20-21H,4-10H2,1-2H3;3,8,13-15,20H,4-7,9-11H2,1-2H3/t13-,14?,15?,16+,18?,20-,21-;14-,15?,16?,20-,21-;12-,13?,15+,17?,18-,19-;12-,13?,14?,15+,17?,18-,19-;13-,14?,15?,18-,19-/m00000/s1. The second-order valence-electron chi connectivity index (χ2n) is 43.1. The molecule has 12 fully saturated rings. The molecule has 17 nitrogen and oxygen atoms in total. The Kier molecular flexibility index (Phi) is 22.2. The summed E-state index contributed by atoms with van der Waals surface area (Å²) in [6, 6.07) is 0. The number of carbonyl (C=O) groups excluding carboxylic acids is 7. The summed E-state index contributed by atoms with van der Waals surface area (Å²) >= 11 is 0. The number of carbonyl (C=O) groups is 7. The van der Waals surface area contributed by atoms with E-state index in [9.17, 15) is 64.2 Å². The number of fused-ring (bicyclic) bond motifs is 25. The maximum Gasteiger partial charge on any atom is 0.508 e.